The Morgan fingerprint density at radius 1 is 1.62 bits per heavy atom. The zero-order valence-electron chi connectivity index (χ0n) is 9.91. The summed E-state index contributed by atoms with van der Waals surface area (Å²) in [7, 11) is 3.16. The molecule has 0 aliphatic heterocycles. The standard InChI is InChI=1S/C11H17N3O2/c1-7-12-9-5-4-8(6-10(9)13-7)11(15)14(2)16-3/h8H,4-6H2,1-3H3,(H,12,13). The van der Waals surface area contributed by atoms with E-state index in [9.17, 15) is 4.79 Å². The molecule has 1 unspecified atom stereocenters. The zero-order chi connectivity index (χ0) is 11.7. The van der Waals surface area contributed by atoms with E-state index < -0.39 is 0 Å². The maximum atomic E-state index is 11.9. The molecule has 1 aromatic rings. The van der Waals surface area contributed by atoms with Crippen molar-refractivity contribution < 1.29 is 9.63 Å². The second-order valence-corrected chi connectivity index (χ2v) is 4.21. The first-order valence-corrected chi connectivity index (χ1v) is 5.48. The summed E-state index contributed by atoms with van der Waals surface area (Å²) in [6.07, 6.45) is 2.46. The fourth-order valence-electron chi connectivity index (χ4n) is 2.18. The molecule has 5 nitrogen and oxygen atoms in total. The molecule has 0 spiro atoms. The summed E-state index contributed by atoms with van der Waals surface area (Å²) in [5.41, 5.74) is 2.22. The SMILES string of the molecule is CON(C)C(=O)C1CCc2nc(C)[nH]c2C1. The Labute approximate surface area is 94.8 Å². The van der Waals surface area contributed by atoms with E-state index in [2.05, 4.69) is 9.97 Å². The predicted octanol–water partition coefficient (Wildman–Crippen LogP) is 0.843. The number of imidazole rings is 1. The summed E-state index contributed by atoms with van der Waals surface area (Å²) < 4.78 is 0. The minimum atomic E-state index is 0.0114. The topological polar surface area (TPSA) is 58.2 Å². The van der Waals surface area contributed by atoms with Gasteiger partial charge < -0.3 is 4.98 Å². The number of carbonyl (C=O) groups is 1. The van der Waals surface area contributed by atoms with Gasteiger partial charge in [0.05, 0.1) is 12.8 Å². The number of carbonyl (C=O) groups excluding carboxylic acids is 1. The van der Waals surface area contributed by atoms with Gasteiger partial charge in [0.2, 0.25) is 5.91 Å². The van der Waals surface area contributed by atoms with Crippen molar-refractivity contribution in [1.82, 2.24) is 15.0 Å². The number of H-pyrrole nitrogens is 1. The van der Waals surface area contributed by atoms with Crippen molar-refractivity contribution in [2.75, 3.05) is 14.2 Å². The van der Waals surface area contributed by atoms with Crippen molar-refractivity contribution in [2.45, 2.75) is 26.2 Å². The highest BCUT2D eigenvalue weighted by atomic mass is 16.7. The molecule has 0 aromatic carbocycles. The number of fused-ring (bicyclic) bond motifs is 1. The van der Waals surface area contributed by atoms with Crippen LogP contribution in [0.5, 0.6) is 0 Å². The Morgan fingerprint density at radius 3 is 3.06 bits per heavy atom. The van der Waals surface area contributed by atoms with Crippen LogP contribution in [0.3, 0.4) is 0 Å². The van der Waals surface area contributed by atoms with Crippen molar-refractivity contribution in [3.63, 3.8) is 0 Å². The van der Waals surface area contributed by atoms with Gasteiger partial charge in [-0.05, 0) is 19.8 Å². The number of hydrogen-bond acceptors (Lipinski definition) is 3. The van der Waals surface area contributed by atoms with Crippen LogP contribution in [0.2, 0.25) is 0 Å². The van der Waals surface area contributed by atoms with Crippen LogP contribution in [0.4, 0.5) is 0 Å². The molecular weight excluding hydrogens is 206 g/mol. The number of aryl methyl sites for hydroxylation is 2. The van der Waals surface area contributed by atoms with Gasteiger partial charge in [-0.15, -0.1) is 0 Å². The lowest BCUT2D eigenvalue weighted by Gasteiger charge is -2.24. The number of nitrogens with zero attached hydrogens (tertiary/aromatic N) is 2. The normalized spacial score (nSPS) is 19.3. The highest BCUT2D eigenvalue weighted by Crippen LogP contribution is 2.25. The highest BCUT2D eigenvalue weighted by molar-refractivity contribution is 5.78. The van der Waals surface area contributed by atoms with E-state index in [4.69, 9.17) is 4.84 Å². The summed E-state index contributed by atoms with van der Waals surface area (Å²) >= 11 is 0. The number of aromatic amines is 1. The first-order valence-electron chi connectivity index (χ1n) is 5.48. The number of nitrogens with one attached hydrogen (secondary N) is 1. The minimum absolute atomic E-state index is 0.0114. The van der Waals surface area contributed by atoms with Crippen LogP contribution in [-0.2, 0) is 22.5 Å². The Morgan fingerprint density at radius 2 is 2.38 bits per heavy atom. The summed E-state index contributed by atoms with van der Waals surface area (Å²) in [5, 5.41) is 1.30. The number of hydrogen-bond donors (Lipinski definition) is 1. The lowest BCUT2D eigenvalue weighted by Crippen LogP contribution is -2.35. The van der Waals surface area contributed by atoms with Crippen molar-refractivity contribution in [2.24, 2.45) is 5.92 Å². The van der Waals surface area contributed by atoms with Gasteiger partial charge in [-0.3, -0.25) is 9.63 Å². The van der Waals surface area contributed by atoms with E-state index in [1.165, 1.54) is 12.2 Å². The van der Waals surface area contributed by atoms with E-state index in [0.29, 0.717) is 0 Å². The molecule has 88 valence electrons. The van der Waals surface area contributed by atoms with Crippen LogP contribution in [0.1, 0.15) is 23.6 Å². The van der Waals surface area contributed by atoms with Crippen molar-refractivity contribution in [3.05, 3.63) is 17.2 Å². The fourth-order valence-corrected chi connectivity index (χ4v) is 2.18. The van der Waals surface area contributed by atoms with Crippen molar-refractivity contribution in [1.29, 1.82) is 0 Å². The molecule has 1 N–H and O–H groups in total. The number of hydroxylamine groups is 2. The van der Waals surface area contributed by atoms with Gasteiger partial charge in [0, 0.05) is 25.1 Å². The minimum Gasteiger partial charge on any atom is -0.346 e. The van der Waals surface area contributed by atoms with E-state index >= 15 is 0 Å². The third-order valence-corrected chi connectivity index (χ3v) is 3.10. The molecule has 1 amide bonds. The molecule has 0 saturated heterocycles. The largest absolute Gasteiger partial charge is 0.346 e. The molecule has 16 heavy (non-hydrogen) atoms. The molecule has 1 aromatic heterocycles. The van der Waals surface area contributed by atoms with E-state index in [1.807, 2.05) is 6.92 Å². The second kappa shape index (κ2) is 4.25. The maximum absolute atomic E-state index is 11.9. The quantitative estimate of drug-likeness (QED) is 0.756. The van der Waals surface area contributed by atoms with Gasteiger partial charge in [0.15, 0.2) is 0 Å². The summed E-state index contributed by atoms with van der Waals surface area (Å²) in [6.45, 7) is 1.94. The molecule has 0 fully saturated rings. The molecule has 1 aliphatic carbocycles. The second-order valence-electron chi connectivity index (χ2n) is 4.21. The van der Waals surface area contributed by atoms with Crippen molar-refractivity contribution >= 4 is 5.91 Å². The van der Waals surface area contributed by atoms with E-state index in [-0.39, 0.29) is 11.8 Å². The third kappa shape index (κ3) is 1.95. The maximum Gasteiger partial charge on any atom is 0.249 e. The first kappa shape index (κ1) is 11.1. The molecular formula is C11H17N3O2. The van der Waals surface area contributed by atoms with Crippen LogP contribution < -0.4 is 0 Å². The Balaban J connectivity index is 2.10. The molecule has 0 saturated carbocycles. The van der Waals surface area contributed by atoms with Gasteiger partial charge in [-0.2, -0.15) is 0 Å². The summed E-state index contributed by atoms with van der Waals surface area (Å²) in [6, 6.07) is 0. The number of aromatic nitrogens is 2. The molecule has 1 heterocycles. The van der Waals surface area contributed by atoms with Crippen LogP contribution in [0.15, 0.2) is 0 Å². The van der Waals surface area contributed by atoms with Crippen LogP contribution in [0.25, 0.3) is 0 Å². The van der Waals surface area contributed by atoms with Crippen LogP contribution >= 0.6 is 0 Å². The average molecular weight is 223 g/mol. The van der Waals surface area contributed by atoms with E-state index in [1.54, 1.807) is 7.05 Å². The highest BCUT2D eigenvalue weighted by Gasteiger charge is 2.28. The third-order valence-electron chi connectivity index (χ3n) is 3.10. The summed E-state index contributed by atoms with van der Waals surface area (Å²) in [5.74, 6) is 0.982. The van der Waals surface area contributed by atoms with Crippen LogP contribution in [-0.4, -0.2) is 35.1 Å². The smallest absolute Gasteiger partial charge is 0.249 e. The van der Waals surface area contributed by atoms with Gasteiger partial charge >= 0.3 is 0 Å². The van der Waals surface area contributed by atoms with Gasteiger partial charge in [0.1, 0.15) is 5.82 Å². The molecule has 0 bridgehead atoms. The Kier molecular flexibility index (Phi) is 2.96. The fraction of sp³-hybridized carbons (Fsp3) is 0.636. The van der Waals surface area contributed by atoms with Gasteiger partial charge in [-0.25, -0.2) is 10.0 Å². The Bertz CT molecular complexity index is 400. The molecule has 1 aliphatic rings. The van der Waals surface area contributed by atoms with Gasteiger partial charge in [0.25, 0.3) is 0 Å². The lowest BCUT2D eigenvalue weighted by molar-refractivity contribution is -0.173. The number of amides is 1. The lowest BCUT2D eigenvalue weighted by atomic mass is 9.89. The molecule has 5 heteroatoms. The van der Waals surface area contributed by atoms with Crippen molar-refractivity contribution in [3.8, 4) is 0 Å². The number of rotatable bonds is 2. The average Bonchev–Trinajstić information content (AvgIpc) is 2.65. The molecule has 2 rings (SSSR count). The molecule has 1 atom stereocenters. The van der Waals surface area contributed by atoms with E-state index in [0.717, 1.165) is 36.5 Å². The molecule has 0 radical (unpaired) electrons. The van der Waals surface area contributed by atoms with Crippen LogP contribution in [0, 0.1) is 12.8 Å². The van der Waals surface area contributed by atoms with Gasteiger partial charge in [-0.1, -0.05) is 0 Å². The first-order chi connectivity index (χ1) is 7.61. The predicted molar refractivity (Wildman–Crippen MR) is 58.6 cm³/mol. The Hall–Kier alpha value is -1.36. The zero-order valence-corrected chi connectivity index (χ0v) is 9.91. The monoisotopic (exact) mass is 223 g/mol. The summed E-state index contributed by atoms with van der Waals surface area (Å²) in [4.78, 5) is 24.4.